The van der Waals surface area contributed by atoms with Crippen molar-refractivity contribution in [2.24, 2.45) is 0 Å². The molecule has 0 spiro atoms. The summed E-state index contributed by atoms with van der Waals surface area (Å²) in [6.45, 7) is 0. The molecule has 0 saturated heterocycles. The van der Waals surface area contributed by atoms with E-state index in [-0.39, 0.29) is 5.91 Å². The zero-order valence-corrected chi connectivity index (χ0v) is 12.1. The molecule has 0 saturated carbocycles. The number of benzene rings is 1. The van der Waals surface area contributed by atoms with Crippen molar-refractivity contribution in [2.45, 2.75) is 0 Å². The topological polar surface area (TPSA) is 66.0 Å². The number of furan rings is 1. The molecule has 1 heterocycles. The average molecular weight is 370 g/mol. The maximum atomic E-state index is 11.9. The number of nitrogens with zero attached hydrogens (tertiary/aromatic N) is 1. The van der Waals surface area contributed by atoms with Crippen molar-refractivity contribution < 1.29 is 9.21 Å². The van der Waals surface area contributed by atoms with Gasteiger partial charge in [-0.25, -0.2) is 0 Å². The number of halogens is 2. The van der Waals surface area contributed by atoms with Crippen molar-refractivity contribution in [1.82, 2.24) is 0 Å². The van der Waals surface area contributed by atoms with Crippen LogP contribution in [-0.4, -0.2) is 5.91 Å². The van der Waals surface area contributed by atoms with Crippen molar-refractivity contribution in [2.75, 3.05) is 5.32 Å². The Bertz CT molecular complexity index is 644. The molecule has 0 aliphatic carbocycles. The molecule has 90 valence electrons. The van der Waals surface area contributed by atoms with Crippen molar-refractivity contribution in [3.05, 3.63) is 50.8 Å². The molecule has 4 nitrogen and oxygen atoms in total. The Morgan fingerprint density at radius 3 is 2.72 bits per heavy atom. The van der Waals surface area contributed by atoms with Gasteiger partial charge in [0, 0.05) is 4.47 Å². The molecule has 18 heavy (non-hydrogen) atoms. The summed E-state index contributed by atoms with van der Waals surface area (Å²) >= 11 is 6.42. The van der Waals surface area contributed by atoms with E-state index in [1.54, 1.807) is 24.3 Å². The summed E-state index contributed by atoms with van der Waals surface area (Å²) < 4.78 is 6.12. The monoisotopic (exact) mass is 368 g/mol. The highest BCUT2D eigenvalue weighted by Crippen LogP contribution is 2.23. The number of nitrogens with one attached hydrogen (secondary N) is 1. The lowest BCUT2D eigenvalue weighted by atomic mass is 10.2. The first-order chi connectivity index (χ1) is 8.61. The minimum atomic E-state index is -0.342. The standard InChI is InChI=1S/C12H6Br2N2O2/c13-8-2-1-7(6-15)10(5-8)16-12(17)9-3-4-18-11(9)14/h1-5H,(H,16,17). The van der Waals surface area contributed by atoms with Gasteiger partial charge in [-0.05, 0) is 40.2 Å². The zero-order chi connectivity index (χ0) is 13.1. The molecule has 0 fully saturated rings. The second kappa shape index (κ2) is 5.38. The van der Waals surface area contributed by atoms with Gasteiger partial charge < -0.3 is 9.73 Å². The first-order valence-electron chi connectivity index (χ1n) is 4.86. The maximum Gasteiger partial charge on any atom is 0.260 e. The number of anilines is 1. The van der Waals surface area contributed by atoms with E-state index in [0.717, 1.165) is 4.47 Å². The van der Waals surface area contributed by atoms with Crippen molar-refractivity contribution >= 4 is 43.5 Å². The first-order valence-corrected chi connectivity index (χ1v) is 6.44. The summed E-state index contributed by atoms with van der Waals surface area (Å²) in [5, 5.41) is 11.6. The van der Waals surface area contributed by atoms with Crippen molar-refractivity contribution in [3.63, 3.8) is 0 Å². The lowest BCUT2D eigenvalue weighted by Crippen LogP contribution is -2.12. The number of amides is 1. The lowest BCUT2D eigenvalue weighted by Gasteiger charge is -2.06. The Balaban J connectivity index is 2.30. The Labute approximate surface area is 120 Å². The van der Waals surface area contributed by atoms with Gasteiger partial charge in [-0.1, -0.05) is 15.9 Å². The van der Waals surface area contributed by atoms with Gasteiger partial charge >= 0.3 is 0 Å². The predicted octanol–water partition coefficient (Wildman–Crippen LogP) is 3.93. The molecule has 0 aliphatic heterocycles. The summed E-state index contributed by atoms with van der Waals surface area (Å²) in [6.07, 6.45) is 1.41. The van der Waals surface area contributed by atoms with Crippen LogP contribution in [0.3, 0.4) is 0 Å². The van der Waals surface area contributed by atoms with E-state index in [9.17, 15) is 4.79 Å². The van der Waals surface area contributed by atoms with E-state index in [1.807, 2.05) is 6.07 Å². The van der Waals surface area contributed by atoms with Gasteiger partial charge in [0.15, 0.2) is 4.67 Å². The van der Waals surface area contributed by atoms with Gasteiger partial charge in [-0.3, -0.25) is 4.79 Å². The minimum absolute atomic E-state index is 0.342. The van der Waals surface area contributed by atoms with Crippen LogP contribution in [0.15, 0.2) is 44.1 Å². The summed E-state index contributed by atoms with van der Waals surface area (Å²) in [5.41, 5.74) is 1.22. The number of rotatable bonds is 2. The Hall–Kier alpha value is -1.58. The number of carbonyl (C=O) groups excluding carboxylic acids is 1. The normalized spacial score (nSPS) is 9.83. The molecule has 0 bridgehead atoms. The molecule has 1 N–H and O–H groups in total. The van der Waals surface area contributed by atoms with Gasteiger partial charge in [-0.15, -0.1) is 0 Å². The van der Waals surface area contributed by atoms with Crippen LogP contribution in [0, 0.1) is 11.3 Å². The van der Waals surface area contributed by atoms with Gasteiger partial charge in [0.1, 0.15) is 6.07 Å². The predicted molar refractivity (Wildman–Crippen MR) is 73.2 cm³/mol. The van der Waals surface area contributed by atoms with Crippen molar-refractivity contribution in [3.8, 4) is 6.07 Å². The second-order valence-electron chi connectivity index (χ2n) is 3.36. The zero-order valence-electron chi connectivity index (χ0n) is 8.91. The van der Waals surface area contributed by atoms with Crippen LogP contribution in [0.5, 0.6) is 0 Å². The van der Waals surface area contributed by atoms with E-state index in [0.29, 0.717) is 21.5 Å². The molecule has 2 aromatic rings. The molecule has 2 rings (SSSR count). The third-order valence-corrected chi connectivity index (χ3v) is 3.32. The smallest absolute Gasteiger partial charge is 0.260 e. The Morgan fingerprint density at radius 1 is 1.33 bits per heavy atom. The molecular weight excluding hydrogens is 364 g/mol. The van der Waals surface area contributed by atoms with Gasteiger partial charge in [0.05, 0.1) is 23.1 Å². The summed E-state index contributed by atoms with van der Waals surface area (Å²) in [5.74, 6) is -0.342. The highest BCUT2D eigenvalue weighted by molar-refractivity contribution is 9.10. The second-order valence-corrected chi connectivity index (χ2v) is 5.00. The highest BCUT2D eigenvalue weighted by atomic mass is 79.9. The third kappa shape index (κ3) is 2.63. The van der Waals surface area contributed by atoms with Crippen LogP contribution in [-0.2, 0) is 0 Å². The molecule has 0 aliphatic rings. The molecule has 6 heteroatoms. The largest absolute Gasteiger partial charge is 0.457 e. The molecule has 1 aromatic carbocycles. The van der Waals surface area contributed by atoms with E-state index in [4.69, 9.17) is 9.68 Å². The highest BCUT2D eigenvalue weighted by Gasteiger charge is 2.14. The number of nitriles is 1. The van der Waals surface area contributed by atoms with Crippen LogP contribution in [0.2, 0.25) is 0 Å². The van der Waals surface area contributed by atoms with Gasteiger partial charge in [0.2, 0.25) is 0 Å². The third-order valence-electron chi connectivity index (χ3n) is 2.21. The fraction of sp³-hybridized carbons (Fsp3) is 0. The Kier molecular flexibility index (Phi) is 3.84. The first kappa shape index (κ1) is 12.9. The average Bonchev–Trinajstić information content (AvgIpc) is 2.76. The molecule has 0 radical (unpaired) electrons. The van der Waals surface area contributed by atoms with Gasteiger partial charge in [-0.2, -0.15) is 5.26 Å². The number of hydrogen-bond donors (Lipinski definition) is 1. The van der Waals surface area contributed by atoms with E-state index < -0.39 is 0 Å². The molecule has 1 aromatic heterocycles. The van der Waals surface area contributed by atoms with Crippen LogP contribution < -0.4 is 5.32 Å². The number of carbonyl (C=O) groups is 1. The lowest BCUT2D eigenvalue weighted by molar-refractivity contribution is 0.102. The van der Waals surface area contributed by atoms with Crippen molar-refractivity contribution in [1.29, 1.82) is 5.26 Å². The molecule has 0 unspecified atom stereocenters. The fourth-order valence-corrected chi connectivity index (χ4v) is 2.14. The SMILES string of the molecule is N#Cc1ccc(Br)cc1NC(=O)c1ccoc1Br. The summed E-state index contributed by atoms with van der Waals surface area (Å²) in [6, 6.07) is 8.60. The molecule has 0 atom stereocenters. The van der Waals surface area contributed by atoms with E-state index >= 15 is 0 Å². The van der Waals surface area contributed by atoms with Crippen LogP contribution in [0.1, 0.15) is 15.9 Å². The molecule has 1 amide bonds. The van der Waals surface area contributed by atoms with Crippen LogP contribution in [0.4, 0.5) is 5.69 Å². The van der Waals surface area contributed by atoms with E-state index in [1.165, 1.54) is 6.26 Å². The fourth-order valence-electron chi connectivity index (χ4n) is 1.36. The number of hydrogen-bond acceptors (Lipinski definition) is 3. The molecular formula is C12H6Br2N2O2. The summed E-state index contributed by atoms with van der Waals surface area (Å²) in [4.78, 5) is 11.9. The quantitative estimate of drug-likeness (QED) is 0.872. The maximum absolute atomic E-state index is 11.9. The Morgan fingerprint density at radius 2 is 2.11 bits per heavy atom. The van der Waals surface area contributed by atoms with Crippen LogP contribution in [0.25, 0.3) is 0 Å². The summed E-state index contributed by atoms with van der Waals surface area (Å²) in [7, 11) is 0. The van der Waals surface area contributed by atoms with Crippen LogP contribution >= 0.6 is 31.9 Å². The minimum Gasteiger partial charge on any atom is -0.457 e. The van der Waals surface area contributed by atoms with E-state index in [2.05, 4.69) is 37.2 Å². The van der Waals surface area contributed by atoms with Gasteiger partial charge in [0.25, 0.3) is 5.91 Å².